The van der Waals surface area contributed by atoms with Crippen molar-refractivity contribution in [3.05, 3.63) is 35.9 Å². The number of rotatable bonds is 4. The fourth-order valence-corrected chi connectivity index (χ4v) is 3.94. The normalized spacial score (nSPS) is 25.2. The van der Waals surface area contributed by atoms with E-state index in [1.807, 2.05) is 0 Å². The molecule has 4 heteroatoms. The predicted octanol–water partition coefficient (Wildman–Crippen LogP) is 2.57. The van der Waals surface area contributed by atoms with Crippen LogP contribution in [-0.2, 0) is 0 Å². The molecule has 0 aliphatic carbocycles. The number of benzene rings is 1. The zero-order chi connectivity index (χ0) is 14.7. The molecule has 0 radical (unpaired) electrons. The van der Waals surface area contributed by atoms with Crippen LogP contribution < -0.4 is 5.73 Å². The molecule has 1 aromatic carbocycles. The van der Waals surface area contributed by atoms with Crippen molar-refractivity contribution in [1.82, 2.24) is 9.80 Å². The second-order valence-corrected chi connectivity index (χ2v) is 6.80. The molecular weight excluding hydrogens is 278 g/mol. The second-order valence-electron chi connectivity index (χ2n) is 6.28. The molecule has 3 rings (SSSR count). The summed E-state index contributed by atoms with van der Waals surface area (Å²) in [6, 6.07) is 11.8. The Balaban J connectivity index is 1.75. The van der Waals surface area contributed by atoms with Crippen LogP contribution in [0.3, 0.4) is 0 Å². The Morgan fingerprint density at radius 3 is 2.76 bits per heavy atom. The lowest BCUT2D eigenvalue weighted by atomic mass is 9.95. The van der Waals surface area contributed by atoms with Gasteiger partial charge in [0.1, 0.15) is 0 Å². The number of thiocarbonyl (C=S) groups is 1. The Hall–Kier alpha value is -0.970. The van der Waals surface area contributed by atoms with E-state index in [-0.39, 0.29) is 0 Å². The molecule has 21 heavy (non-hydrogen) atoms. The van der Waals surface area contributed by atoms with Crippen LogP contribution in [0.2, 0.25) is 0 Å². The van der Waals surface area contributed by atoms with Crippen LogP contribution >= 0.6 is 12.2 Å². The van der Waals surface area contributed by atoms with Crippen molar-refractivity contribution < 1.29 is 0 Å². The highest BCUT2D eigenvalue weighted by atomic mass is 32.1. The molecule has 3 nitrogen and oxygen atoms in total. The predicted molar refractivity (Wildman–Crippen MR) is 91.4 cm³/mol. The SMILES string of the molecule is NC(=S)CC(c1ccccc1)N1CCN2CCCCC2C1. The van der Waals surface area contributed by atoms with Gasteiger partial charge in [-0.15, -0.1) is 0 Å². The van der Waals surface area contributed by atoms with Crippen molar-refractivity contribution in [3.8, 4) is 0 Å². The molecule has 2 heterocycles. The number of hydrogen-bond donors (Lipinski definition) is 1. The van der Waals surface area contributed by atoms with E-state index in [1.165, 1.54) is 37.9 Å². The first-order valence-corrected chi connectivity index (χ1v) is 8.46. The Bertz CT molecular complexity index is 476. The smallest absolute Gasteiger partial charge is 0.0746 e. The Kier molecular flexibility index (Phi) is 4.88. The molecule has 0 aromatic heterocycles. The molecule has 0 amide bonds. The van der Waals surface area contributed by atoms with Crippen molar-refractivity contribution in [3.63, 3.8) is 0 Å². The first kappa shape index (κ1) is 14.9. The van der Waals surface area contributed by atoms with Crippen molar-refractivity contribution in [1.29, 1.82) is 0 Å². The molecule has 2 aliphatic heterocycles. The van der Waals surface area contributed by atoms with Gasteiger partial charge in [0.05, 0.1) is 4.99 Å². The van der Waals surface area contributed by atoms with Gasteiger partial charge in [0, 0.05) is 38.1 Å². The molecule has 2 atom stereocenters. The van der Waals surface area contributed by atoms with Crippen molar-refractivity contribution in [2.75, 3.05) is 26.2 Å². The number of hydrogen-bond acceptors (Lipinski definition) is 3. The van der Waals surface area contributed by atoms with E-state index in [9.17, 15) is 0 Å². The molecule has 1 aromatic rings. The highest BCUT2D eigenvalue weighted by Crippen LogP contribution is 2.29. The first-order chi connectivity index (χ1) is 10.2. The largest absolute Gasteiger partial charge is 0.393 e. The quantitative estimate of drug-likeness (QED) is 0.867. The highest BCUT2D eigenvalue weighted by Gasteiger charge is 2.32. The van der Waals surface area contributed by atoms with E-state index in [1.54, 1.807) is 0 Å². The lowest BCUT2D eigenvalue weighted by Gasteiger charge is -2.46. The number of piperazine rings is 1. The van der Waals surface area contributed by atoms with Crippen molar-refractivity contribution in [2.24, 2.45) is 5.73 Å². The van der Waals surface area contributed by atoms with E-state index in [0.717, 1.165) is 25.6 Å². The van der Waals surface area contributed by atoms with Crippen LogP contribution in [0.25, 0.3) is 0 Å². The summed E-state index contributed by atoms with van der Waals surface area (Å²) in [6.45, 7) is 4.75. The average molecular weight is 303 g/mol. The third kappa shape index (κ3) is 3.62. The van der Waals surface area contributed by atoms with Gasteiger partial charge in [-0.25, -0.2) is 0 Å². The number of nitrogens with two attached hydrogens (primary N) is 1. The second kappa shape index (κ2) is 6.86. The van der Waals surface area contributed by atoms with Gasteiger partial charge in [0.25, 0.3) is 0 Å². The van der Waals surface area contributed by atoms with Crippen molar-refractivity contribution >= 4 is 17.2 Å². The topological polar surface area (TPSA) is 32.5 Å². The summed E-state index contributed by atoms with van der Waals surface area (Å²) in [5.41, 5.74) is 7.21. The van der Waals surface area contributed by atoms with Crippen LogP contribution in [-0.4, -0.2) is 47.0 Å². The summed E-state index contributed by atoms with van der Waals surface area (Å²) in [7, 11) is 0. The minimum Gasteiger partial charge on any atom is -0.393 e. The molecule has 0 saturated carbocycles. The van der Waals surface area contributed by atoms with E-state index in [2.05, 4.69) is 40.1 Å². The van der Waals surface area contributed by atoms with Crippen LogP contribution in [0.15, 0.2) is 30.3 Å². The lowest BCUT2D eigenvalue weighted by Crippen LogP contribution is -2.55. The van der Waals surface area contributed by atoms with E-state index in [4.69, 9.17) is 18.0 Å². The lowest BCUT2D eigenvalue weighted by molar-refractivity contribution is 0.0283. The van der Waals surface area contributed by atoms with Crippen LogP contribution in [0.5, 0.6) is 0 Å². The summed E-state index contributed by atoms with van der Waals surface area (Å²) < 4.78 is 0. The molecule has 2 N–H and O–H groups in total. The monoisotopic (exact) mass is 303 g/mol. The third-order valence-corrected chi connectivity index (χ3v) is 5.06. The standard InChI is InChI=1S/C17H25N3S/c18-17(21)12-16(14-6-2-1-3-7-14)20-11-10-19-9-5-4-8-15(19)13-20/h1-3,6-7,15-16H,4-5,8-13H2,(H2,18,21). The van der Waals surface area contributed by atoms with E-state index >= 15 is 0 Å². The first-order valence-electron chi connectivity index (χ1n) is 8.05. The Morgan fingerprint density at radius 1 is 1.19 bits per heavy atom. The average Bonchev–Trinajstić information content (AvgIpc) is 2.53. The molecule has 2 saturated heterocycles. The van der Waals surface area contributed by atoms with Gasteiger partial charge in [0.2, 0.25) is 0 Å². The summed E-state index contributed by atoms with van der Waals surface area (Å²) in [5.74, 6) is 0. The van der Waals surface area contributed by atoms with Crippen LogP contribution in [0.1, 0.15) is 37.3 Å². The van der Waals surface area contributed by atoms with Crippen molar-refractivity contribution in [2.45, 2.75) is 37.8 Å². The maximum atomic E-state index is 5.86. The Morgan fingerprint density at radius 2 is 2.00 bits per heavy atom. The molecular formula is C17H25N3S. The van der Waals surface area contributed by atoms with Gasteiger partial charge >= 0.3 is 0 Å². The van der Waals surface area contributed by atoms with Gasteiger partial charge in [-0.2, -0.15) is 0 Å². The summed E-state index contributed by atoms with van der Waals surface area (Å²) >= 11 is 5.20. The van der Waals surface area contributed by atoms with Gasteiger partial charge in [-0.05, 0) is 24.9 Å². The van der Waals surface area contributed by atoms with Gasteiger partial charge in [0.15, 0.2) is 0 Å². The minimum absolute atomic E-state index is 0.341. The fraction of sp³-hybridized carbons (Fsp3) is 0.588. The maximum Gasteiger partial charge on any atom is 0.0746 e. The van der Waals surface area contributed by atoms with Crippen LogP contribution in [0, 0.1) is 0 Å². The third-order valence-electron chi connectivity index (χ3n) is 4.89. The summed E-state index contributed by atoms with van der Waals surface area (Å²) in [5, 5.41) is 0. The fourth-order valence-electron chi connectivity index (χ4n) is 3.79. The van der Waals surface area contributed by atoms with E-state index in [0.29, 0.717) is 11.0 Å². The number of piperidine rings is 1. The molecule has 2 aliphatic rings. The number of fused-ring (bicyclic) bond motifs is 1. The zero-order valence-corrected chi connectivity index (χ0v) is 13.4. The zero-order valence-electron chi connectivity index (χ0n) is 12.6. The van der Waals surface area contributed by atoms with E-state index < -0.39 is 0 Å². The molecule has 114 valence electrons. The minimum atomic E-state index is 0.341. The summed E-state index contributed by atoms with van der Waals surface area (Å²) in [4.78, 5) is 5.89. The van der Waals surface area contributed by atoms with Gasteiger partial charge < -0.3 is 5.73 Å². The number of nitrogens with zero attached hydrogens (tertiary/aromatic N) is 2. The highest BCUT2D eigenvalue weighted by molar-refractivity contribution is 7.80. The maximum absolute atomic E-state index is 5.86. The molecule has 0 bridgehead atoms. The Labute approximate surface area is 133 Å². The molecule has 0 spiro atoms. The van der Waals surface area contributed by atoms with Crippen LogP contribution in [0.4, 0.5) is 0 Å². The summed E-state index contributed by atoms with van der Waals surface area (Å²) in [6.07, 6.45) is 4.86. The van der Waals surface area contributed by atoms with Gasteiger partial charge in [-0.1, -0.05) is 49.0 Å². The molecule has 2 fully saturated rings. The molecule has 2 unspecified atom stereocenters. The van der Waals surface area contributed by atoms with Gasteiger partial charge in [-0.3, -0.25) is 9.80 Å².